The number of hydrogen-bond acceptors (Lipinski definition) is 3. The zero-order valence-electron chi connectivity index (χ0n) is 7.81. The second-order valence-electron chi connectivity index (χ2n) is 2.75. The quantitative estimate of drug-likeness (QED) is 0.505. The Kier molecular flexibility index (Phi) is 3.45. The normalized spacial score (nSPS) is 10.1. The number of aliphatic carboxylic acids is 1. The van der Waals surface area contributed by atoms with Gasteiger partial charge in [0, 0.05) is 12.2 Å². The number of carboxylic acids is 1. The molecular weight excluding hydrogens is 196 g/mol. The molecule has 5 heteroatoms. The Labute approximate surface area is 86.2 Å². The van der Waals surface area contributed by atoms with Crippen LogP contribution in [0.5, 0.6) is 0 Å². The molecule has 0 atom stereocenters. The van der Waals surface area contributed by atoms with E-state index in [2.05, 4.69) is 5.32 Å². The van der Waals surface area contributed by atoms with Gasteiger partial charge in [-0.1, -0.05) is 12.1 Å². The Balaban J connectivity index is 2.67. The first-order chi connectivity index (χ1) is 7.09. The summed E-state index contributed by atoms with van der Waals surface area (Å²) in [4.78, 5) is 21.3. The SMILES string of the molecule is Nc1ccccc1NC(=O)C=CC(=O)O. The summed E-state index contributed by atoms with van der Waals surface area (Å²) in [7, 11) is 0. The summed E-state index contributed by atoms with van der Waals surface area (Å²) in [5, 5.41) is 10.7. The number of nitrogen functional groups attached to an aromatic ring is 1. The van der Waals surface area contributed by atoms with E-state index < -0.39 is 11.9 Å². The molecule has 1 aromatic carbocycles. The summed E-state index contributed by atoms with van der Waals surface area (Å²) in [5.41, 5.74) is 6.45. The maximum absolute atomic E-state index is 11.2. The molecule has 5 nitrogen and oxygen atoms in total. The van der Waals surface area contributed by atoms with Crippen molar-refractivity contribution in [2.75, 3.05) is 11.1 Å². The Morgan fingerprint density at radius 3 is 2.53 bits per heavy atom. The molecule has 1 amide bonds. The van der Waals surface area contributed by atoms with Gasteiger partial charge in [0.15, 0.2) is 0 Å². The standard InChI is InChI=1S/C10H10N2O3/c11-7-3-1-2-4-8(7)12-9(13)5-6-10(14)15/h1-6H,11H2,(H,12,13)(H,14,15). The highest BCUT2D eigenvalue weighted by molar-refractivity contribution is 6.03. The van der Waals surface area contributed by atoms with Crippen LogP contribution in [0.4, 0.5) is 11.4 Å². The summed E-state index contributed by atoms with van der Waals surface area (Å²) in [5.74, 6) is -1.71. The van der Waals surface area contributed by atoms with Crippen LogP contribution in [0.3, 0.4) is 0 Å². The topological polar surface area (TPSA) is 92.4 Å². The van der Waals surface area contributed by atoms with Gasteiger partial charge in [-0.3, -0.25) is 4.79 Å². The van der Waals surface area contributed by atoms with Crippen molar-refractivity contribution in [3.8, 4) is 0 Å². The van der Waals surface area contributed by atoms with E-state index in [1.165, 1.54) is 0 Å². The number of benzene rings is 1. The molecule has 0 heterocycles. The molecule has 4 N–H and O–H groups in total. The molecule has 0 bridgehead atoms. The van der Waals surface area contributed by atoms with Gasteiger partial charge in [-0.2, -0.15) is 0 Å². The van der Waals surface area contributed by atoms with Crippen molar-refractivity contribution in [1.29, 1.82) is 0 Å². The zero-order valence-corrected chi connectivity index (χ0v) is 7.81. The highest BCUT2D eigenvalue weighted by atomic mass is 16.4. The molecule has 0 unspecified atom stereocenters. The van der Waals surface area contributed by atoms with Crippen molar-refractivity contribution in [2.24, 2.45) is 0 Å². The summed E-state index contributed by atoms with van der Waals surface area (Å²) < 4.78 is 0. The van der Waals surface area contributed by atoms with Crippen LogP contribution in [0, 0.1) is 0 Å². The lowest BCUT2D eigenvalue weighted by Crippen LogP contribution is -2.10. The van der Waals surface area contributed by atoms with Gasteiger partial charge in [-0.25, -0.2) is 4.79 Å². The van der Waals surface area contributed by atoms with Gasteiger partial charge in [0.2, 0.25) is 5.91 Å². The number of para-hydroxylation sites is 2. The predicted molar refractivity (Wildman–Crippen MR) is 56.3 cm³/mol. The monoisotopic (exact) mass is 206 g/mol. The fourth-order valence-electron chi connectivity index (χ4n) is 0.932. The van der Waals surface area contributed by atoms with E-state index in [0.717, 1.165) is 12.2 Å². The van der Waals surface area contributed by atoms with Gasteiger partial charge in [0.25, 0.3) is 0 Å². The molecule has 0 radical (unpaired) electrons. The number of nitrogens with two attached hydrogens (primary N) is 1. The number of nitrogens with one attached hydrogen (secondary N) is 1. The number of hydrogen-bond donors (Lipinski definition) is 3. The van der Waals surface area contributed by atoms with Crippen LogP contribution in [0.1, 0.15) is 0 Å². The third-order valence-corrected chi connectivity index (χ3v) is 1.60. The summed E-state index contributed by atoms with van der Waals surface area (Å²) in [6, 6.07) is 6.71. The van der Waals surface area contributed by atoms with Crippen molar-refractivity contribution in [3.05, 3.63) is 36.4 Å². The minimum absolute atomic E-state index is 0.426. The molecule has 1 rings (SSSR count). The van der Waals surface area contributed by atoms with Crippen LogP contribution in [0.2, 0.25) is 0 Å². The molecule has 0 aliphatic carbocycles. The lowest BCUT2D eigenvalue weighted by Gasteiger charge is -2.04. The number of anilines is 2. The molecule has 0 saturated heterocycles. The Morgan fingerprint density at radius 1 is 1.27 bits per heavy atom. The Morgan fingerprint density at radius 2 is 1.93 bits per heavy atom. The lowest BCUT2D eigenvalue weighted by molar-refractivity contribution is -0.131. The Hall–Kier alpha value is -2.30. The highest BCUT2D eigenvalue weighted by Crippen LogP contribution is 2.16. The minimum Gasteiger partial charge on any atom is -0.478 e. The van der Waals surface area contributed by atoms with E-state index in [1.54, 1.807) is 24.3 Å². The first kappa shape index (κ1) is 10.8. The fraction of sp³-hybridized carbons (Fsp3) is 0. The molecule has 0 fully saturated rings. The zero-order chi connectivity index (χ0) is 11.3. The van der Waals surface area contributed by atoms with E-state index in [-0.39, 0.29) is 0 Å². The van der Waals surface area contributed by atoms with Crippen LogP contribution in [0.25, 0.3) is 0 Å². The van der Waals surface area contributed by atoms with Crippen LogP contribution in [0.15, 0.2) is 36.4 Å². The number of carbonyl (C=O) groups excluding carboxylic acids is 1. The van der Waals surface area contributed by atoms with Crippen LogP contribution < -0.4 is 11.1 Å². The highest BCUT2D eigenvalue weighted by Gasteiger charge is 2.01. The maximum Gasteiger partial charge on any atom is 0.328 e. The molecule has 0 spiro atoms. The van der Waals surface area contributed by atoms with Crippen molar-refractivity contribution >= 4 is 23.3 Å². The number of rotatable bonds is 3. The summed E-state index contributed by atoms with van der Waals surface area (Å²) in [6.07, 6.45) is 1.68. The number of carbonyl (C=O) groups is 2. The first-order valence-corrected chi connectivity index (χ1v) is 4.16. The van der Waals surface area contributed by atoms with Crippen molar-refractivity contribution in [2.45, 2.75) is 0 Å². The fourth-order valence-corrected chi connectivity index (χ4v) is 0.932. The van der Waals surface area contributed by atoms with Gasteiger partial charge in [0.05, 0.1) is 11.4 Å². The first-order valence-electron chi connectivity index (χ1n) is 4.16. The van der Waals surface area contributed by atoms with Gasteiger partial charge in [-0.15, -0.1) is 0 Å². The van der Waals surface area contributed by atoms with E-state index >= 15 is 0 Å². The average Bonchev–Trinajstić information content (AvgIpc) is 2.18. The van der Waals surface area contributed by atoms with Crippen molar-refractivity contribution in [1.82, 2.24) is 0 Å². The maximum atomic E-state index is 11.2. The van der Waals surface area contributed by atoms with Crippen molar-refractivity contribution < 1.29 is 14.7 Å². The van der Waals surface area contributed by atoms with E-state index in [0.29, 0.717) is 11.4 Å². The second kappa shape index (κ2) is 4.80. The van der Waals surface area contributed by atoms with E-state index in [9.17, 15) is 9.59 Å². The van der Waals surface area contributed by atoms with Crippen LogP contribution in [-0.4, -0.2) is 17.0 Å². The van der Waals surface area contributed by atoms with Gasteiger partial charge in [-0.05, 0) is 12.1 Å². The van der Waals surface area contributed by atoms with Crippen molar-refractivity contribution in [3.63, 3.8) is 0 Å². The average molecular weight is 206 g/mol. The predicted octanol–water partition coefficient (Wildman–Crippen LogP) is 0.848. The number of amides is 1. The number of carboxylic acid groups (broad SMARTS) is 1. The Bertz CT molecular complexity index is 413. The molecule has 15 heavy (non-hydrogen) atoms. The molecule has 0 saturated carbocycles. The second-order valence-corrected chi connectivity index (χ2v) is 2.75. The van der Waals surface area contributed by atoms with E-state index in [4.69, 9.17) is 10.8 Å². The van der Waals surface area contributed by atoms with Gasteiger partial charge >= 0.3 is 5.97 Å². The molecule has 0 aliphatic heterocycles. The summed E-state index contributed by atoms with van der Waals surface area (Å²) in [6.45, 7) is 0. The molecule has 0 aliphatic rings. The minimum atomic E-state index is -1.17. The molecule has 78 valence electrons. The third-order valence-electron chi connectivity index (χ3n) is 1.60. The largest absolute Gasteiger partial charge is 0.478 e. The lowest BCUT2D eigenvalue weighted by atomic mass is 10.2. The third kappa shape index (κ3) is 3.51. The summed E-state index contributed by atoms with van der Waals surface area (Å²) >= 11 is 0. The van der Waals surface area contributed by atoms with E-state index in [1.807, 2.05) is 0 Å². The molecule has 1 aromatic rings. The molecular formula is C10H10N2O3. The molecule has 0 aromatic heterocycles. The van der Waals surface area contributed by atoms with Crippen LogP contribution >= 0.6 is 0 Å². The van der Waals surface area contributed by atoms with Gasteiger partial charge in [0.1, 0.15) is 0 Å². The van der Waals surface area contributed by atoms with Crippen LogP contribution in [-0.2, 0) is 9.59 Å². The smallest absolute Gasteiger partial charge is 0.328 e. The van der Waals surface area contributed by atoms with Gasteiger partial charge < -0.3 is 16.2 Å².